The van der Waals surface area contributed by atoms with Crippen LogP contribution in [0.15, 0.2) is 45.8 Å². The Bertz CT molecular complexity index is 828. The van der Waals surface area contributed by atoms with Gasteiger partial charge in [0.2, 0.25) is 0 Å². The number of aromatic nitrogens is 1. The van der Waals surface area contributed by atoms with Gasteiger partial charge in [-0.15, -0.1) is 11.3 Å². The van der Waals surface area contributed by atoms with Crippen molar-refractivity contribution in [3.63, 3.8) is 0 Å². The van der Waals surface area contributed by atoms with E-state index in [4.69, 9.17) is 9.15 Å². The van der Waals surface area contributed by atoms with Gasteiger partial charge >= 0.3 is 0 Å². The number of hydrogen-bond donors (Lipinski definition) is 0. The van der Waals surface area contributed by atoms with E-state index in [2.05, 4.69) is 11.1 Å². The van der Waals surface area contributed by atoms with Crippen LogP contribution in [0.2, 0.25) is 0 Å². The van der Waals surface area contributed by atoms with E-state index in [1.807, 2.05) is 23.1 Å². The molecule has 124 valence electrons. The lowest BCUT2D eigenvalue weighted by Gasteiger charge is -2.23. The Labute approximate surface area is 143 Å². The summed E-state index contributed by atoms with van der Waals surface area (Å²) in [4.78, 5) is 18.6. The molecule has 0 bridgehead atoms. The number of hydrogen-bond acceptors (Lipinski definition) is 5. The molecule has 1 aromatic carbocycles. The van der Waals surface area contributed by atoms with Gasteiger partial charge in [0.25, 0.3) is 5.91 Å². The first kappa shape index (κ1) is 15.4. The quantitative estimate of drug-likeness (QED) is 0.733. The zero-order valence-electron chi connectivity index (χ0n) is 13.2. The van der Waals surface area contributed by atoms with Gasteiger partial charge in [-0.2, -0.15) is 0 Å². The standard InChI is InChI=1S/C18H18N2O3S/c21-18(16-11-24-12-19-16)20-5-7-22-10-13(9-20)8-14-2-1-3-17-15(14)4-6-23-17/h1-4,6,11-13H,5,7-10H2. The molecule has 1 fully saturated rings. The lowest BCUT2D eigenvalue weighted by molar-refractivity contribution is 0.0732. The third-order valence-electron chi connectivity index (χ3n) is 4.37. The maximum atomic E-state index is 12.6. The van der Waals surface area contributed by atoms with E-state index >= 15 is 0 Å². The van der Waals surface area contributed by atoms with Crippen LogP contribution in [-0.2, 0) is 11.2 Å². The normalized spacial score (nSPS) is 18.7. The molecular formula is C18H18N2O3S. The topological polar surface area (TPSA) is 55.6 Å². The molecule has 1 saturated heterocycles. The first-order valence-electron chi connectivity index (χ1n) is 8.01. The van der Waals surface area contributed by atoms with Crippen molar-refractivity contribution in [2.45, 2.75) is 6.42 Å². The van der Waals surface area contributed by atoms with Gasteiger partial charge in [-0.1, -0.05) is 12.1 Å². The summed E-state index contributed by atoms with van der Waals surface area (Å²) in [6.45, 7) is 2.53. The number of ether oxygens (including phenoxy) is 1. The molecule has 1 unspecified atom stereocenters. The summed E-state index contributed by atoms with van der Waals surface area (Å²) in [7, 11) is 0. The van der Waals surface area contributed by atoms with Crippen LogP contribution in [0.5, 0.6) is 0 Å². The Balaban J connectivity index is 1.52. The number of fused-ring (bicyclic) bond motifs is 1. The summed E-state index contributed by atoms with van der Waals surface area (Å²) >= 11 is 1.44. The summed E-state index contributed by atoms with van der Waals surface area (Å²) in [5, 5.41) is 2.94. The second kappa shape index (κ2) is 6.75. The van der Waals surface area contributed by atoms with Crippen molar-refractivity contribution in [3.8, 4) is 0 Å². The minimum Gasteiger partial charge on any atom is -0.464 e. The highest BCUT2D eigenvalue weighted by Gasteiger charge is 2.25. The van der Waals surface area contributed by atoms with Crippen molar-refractivity contribution in [2.24, 2.45) is 5.92 Å². The van der Waals surface area contributed by atoms with E-state index in [1.165, 1.54) is 16.9 Å². The van der Waals surface area contributed by atoms with E-state index in [9.17, 15) is 4.79 Å². The predicted octanol–water partition coefficient (Wildman–Crippen LogP) is 3.22. The third kappa shape index (κ3) is 3.07. The van der Waals surface area contributed by atoms with Gasteiger partial charge < -0.3 is 14.1 Å². The lowest BCUT2D eigenvalue weighted by atomic mass is 9.97. The van der Waals surface area contributed by atoms with Crippen molar-refractivity contribution in [2.75, 3.05) is 26.3 Å². The molecule has 0 saturated carbocycles. The van der Waals surface area contributed by atoms with Crippen LogP contribution in [0.4, 0.5) is 0 Å². The fraction of sp³-hybridized carbons (Fsp3) is 0.333. The second-order valence-electron chi connectivity index (χ2n) is 6.02. The smallest absolute Gasteiger partial charge is 0.273 e. The highest BCUT2D eigenvalue weighted by Crippen LogP contribution is 2.24. The van der Waals surface area contributed by atoms with Crippen LogP contribution in [0.3, 0.4) is 0 Å². The van der Waals surface area contributed by atoms with Gasteiger partial charge in [-0.05, 0) is 24.1 Å². The minimum atomic E-state index is -0.00623. The molecule has 2 aromatic heterocycles. The van der Waals surface area contributed by atoms with Crippen LogP contribution >= 0.6 is 11.3 Å². The maximum Gasteiger partial charge on any atom is 0.273 e. The number of carbonyl (C=O) groups excluding carboxylic acids is 1. The van der Waals surface area contributed by atoms with Crippen molar-refractivity contribution in [3.05, 3.63) is 52.7 Å². The summed E-state index contributed by atoms with van der Waals surface area (Å²) in [5.41, 5.74) is 4.35. The van der Waals surface area contributed by atoms with Crippen molar-refractivity contribution in [1.82, 2.24) is 9.88 Å². The lowest BCUT2D eigenvalue weighted by Crippen LogP contribution is -2.36. The highest BCUT2D eigenvalue weighted by atomic mass is 32.1. The first-order chi connectivity index (χ1) is 11.8. The zero-order valence-corrected chi connectivity index (χ0v) is 14.0. The molecule has 1 amide bonds. The van der Waals surface area contributed by atoms with E-state index < -0.39 is 0 Å². The van der Waals surface area contributed by atoms with Gasteiger partial charge in [0, 0.05) is 29.8 Å². The van der Waals surface area contributed by atoms with Crippen molar-refractivity contribution >= 4 is 28.2 Å². The number of nitrogens with zero attached hydrogens (tertiary/aromatic N) is 2. The highest BCUT2D eigenvalue weighted by molar-refractivity contribution is 7.07. The van der Waals surface area contributed by atoms with Gasteiger partial charge in [0.15, 0.2) is 0 Å². The molecule has 1 aliphatic heterocycles. The van der Waals surface area contributed by atoms with E-state index in [-0.39, 0.29) is 11.8 Å². The molecule has 1 atom stereocenters. The van der Waals surface area contributed by atoms with Crippen LogP contribution in [-0.4, -0.2) is 42.1 Å². The fourth-order valence-corrected chi connectivity index (χ4v) is 3.74. The zero-order chi connectivity index (χ0) is 16.4. The average Bonchev–Trinajstić information content (AvgIpc) is 3.24. The molecule has 0 aliphatic carbocycles. The third-order valence-corrected chi connectivity index (χ3v) is 4.96. The molecule has 5 nitrogen and oxygen atoms in total. The van der Waals surface area contributed by atoms with E-state index in [0.717, 1.165) is 17.4 Å². The summed E-state index contributed by atoms with van der Waals surface area (Å²) < 4.78 is 11.2. The number of amides is 1. The number of carbonyl (C=O) groups is 1. The number of thiazole rings is 1. The SMILES string of the molecule is O=C(c1cscn1)N1CCOCC(Cc2cccc3occc23)C1. The largest absolute Gasteiger partial charge is 0.464 e. The van der Waals surface area contributed by atoms with Gasteiger partial charge in [0.05, 0.1) is 25.0 Å². The Kier molecular flexibility index (Phi) is 4.32. The van der Waals surface area contributed by atoms with Crippen LogP contribution in [0, 0.1) is 5.92 Å². The maximum absolute atomic E-state index is 12.6. The van der Waals surface area contributed by atoms with Crippen LogP contribution in [0.1, 0.15) is 16.1 Å². The number of benzene rings is 1. The van der Waals surface area contributed by atoms with Gasteiger partial charge in [-0.25, -0.2) is 4.98 Å². The molecule has 0 N–H and O–H groups in total. The van der Waals surface area contributed by atoms with E-state index in [1.54, 1.807) is 17.2 Å². The predicted molar refractivity (Wildman–Crippen MR) is 92.2 cm³/mol. The molecule has 3 aromatic rings. The molecule has 0 radical (unpaired) electrons. The molecule has 6 heteroatoms. The Morgan fingerprint density at radius 1 is 1.38 bits per heavy atom. The molecule has 4 rings (SSSR count). The number of rotatable bonds is 3. The van der Waals surface area contributed by atoms with Crippen molar-refractivity contribution in [1.29, 1.82) is 0 Å². The Morgan fingerprint density at radius 3 is 3.21 bits per heavy atom. The average molecular weight is 342 g/mol. The Morgan fingerprint density at radius 2 is 2.33 bits per heavy atom. The van der Waals surface area contributed by atoms with E-state index in [0.29, 0.717) is 32.0 Å². The minimum absolute atomic E-state index is 0.00623. The number of furan rings is 1. The fourth-order valence-electron chi connectivity index (χ4n) is 3.21. The van der Waals surface area contributed by atoms with Gasteiger partial charge in [-0.3, -0.25) is 4.79 Å². The monoisotopic (exact) mass is 342 g/mol. The summed E-state index contributed by atoms with van der Waals surface area (Å²) in [5.74, 6) is 0.254. The molecule has 1 aliphatic rings. The van der Waals surface area contributed by atoms with Crippen LogP contribution in [0.25, 0.3) is 11.0 Å². The summed E-state index contributed by atoms with van der Waals surface area (Å²) in [6.07, 6.45) is 2.58. The first-order valence-corrected chi connectivity index (χ1v) is 8.96. The molecule has 3 heterocycles. The van der Waals surface area contributed by atoms with Crippen LogP contribution < -0.4 is 0 Å². The Hall–Kier alpha value is -2.18. The molecule has 24 heavy (non-hydrogen) atoms. The molecular weight excluding hydrogens is 324 g/mol. The molecule has 0 spiro atoms. The summed E-state index contributed by atoms with van der Waals surface area (Å²) in [6, 6.07) is 8.10. The van der Waals surface area contributed by atoms with Gasteiger partial charge in [0.1, 0.15) is 11.3 Å². The van der Waals surface area contributed by atoms with Crippen molar-refractivity contribution < 1.29 is 13.9 Å². The second-order valence-corrected chi connectivity index (χ2v) is 6.74.